The van der Waals surface area contributed by atoms with Gasteiger partial charge in [-0.25, -0.2) is 0 Å². The number of hydrogen-bond acceptors (Lipinski definition) is 2. The van der Waals surface area contributed by atoms with E-state index < -0.39 is 0 Å². The van der Waals surface area contributed by atoms with Crippen molar-refractivity contribution in [3.8, 4) is 0 Å². The van der Waals surface area contributed by atoms with Crippen LogP contribution in [0.1, 0.15) is 36.0 Å². The van der Waals surface area contributed by atoms with Gasteiger partial charge in [-0.3, -0.25) is 0 Å². The van der Waals surface area contributed by atoms with Crippen molar-refractivity contribution in [3.63, 3.8) is 0 Å². The molecule has 22 heavy (non-hydrogen) atoms. The van der Waals surface area contributed by atoms with E-state index in [-0.39, 0.29) is 12.1 Å². The van der Waals surface area contributed by atoms with E-state index in [0.717, 1.165) is 12.8 Å². The summed E-state index contributed by atoms with van der Waals surface area (Å²) < 4.78 is 7.23. The van der Waals surface area contributed by atoms with Crippen molar-refractivity contribution in [1.29, 1.82) is 0 Å². The topological polar surface area (TPSA) is 26.3 Å². The van der Waals surface area contributed by atoms with Crippen LogP contribution in [0.25, 0.3) is 0 Å². The molecule has 0 unspecified atom stereocenters. The maximum absolute atomic E-state index is 12.3. The number of benzene rings is 2. The summed E-state index contributed by atoms with van der Waals surface area (Å²) in [5.74, 6) is -0.179. The molecule has 0 spiro atoms. The summed E-state index contributed by atoms with van der Waals surface area (Å²) >= 11 is 0.364. The molecule has 1 aliphatic rings. The molecule has 1 fully saturated rings. The Morgan fingerprint density at radius 3 is 2.27 bits per heavy atom. The molecule has 2 aromatic rings. The molecule has 0 amide bonds. The third-order valence-corrected chi connectivity index (χ3v) is 6.85. The number of esters is 1. The first-order valence-electron chi connectivity index (χ1n) is 7.80. The normalized spacial score (nSPS) is 21.3. The average Bonchev–Trinajstić information content (AvgIpc) is 2.58. The molecule has 2 aromatic carbocycles. The minimum atomic E-state index is -0.179. The van der Waals surface area contributed by atoms with Gasteiger partial charge in [0, 0.05) is 0 Å². The SMILES string of the molecule is O=C(O[C@@H]1CCCC[C@H]1[Se]c1ccccc1)c1ccccc1. The van der Waals surface area contributed by atoms with E-state index >= 15 is 0 Å². The Hall–Kier alpha value is -1.57. The zero-order valence-corrected chi connectivity index (χ0v) is 14.2. The number of ether oxygens (including phenoxy) is 1. The van der Waals surface area contributed by atoms with Gasteiger partial charge >= 0.3 is 138 Å². The third kappa shape index (κ3) is 4.00. The molecule has 0 radical (unpaired) electrons. The van der Waals surface area contributed by atoms with Gasteiger partial charge in [-0.1, -0.05) is 0 Å². The standard InChI is InChI=1S/C19H20O2Se/c20-19(15-9-3-1-4-10-15)21-17-13-7-8-14-18(17)22-16-11-5-2-6-12-16/h1-6,9-12,17-18H,7-8,13-14H2/t17-,18-/m1/s1. The van der Waals surface area contributed by atoms with Gasteiger partial charge in [0.05, 0.1) is 0 Å². The maximum atomic E-state index is 12.3. The molecule has 1 saturated carbocycles. The Morgan fingerprint density at radius 2 is 1.55 bits per heavy atom. The summed E-state index contributed by atoms with van der Waals surface area (Å²) in [5.41, 5.74) is 0.652. The van der Waals surface area contributed by atoms with Gasteiger partial charge in [0.25, 0.3) is 0 Å². The van der Waals surface area contributed by atoms with Crippen LogP contribution in [-0.4, -0.2) is 27.0 Å². The van der Waals surface area contributed by atoms with E-state index in [9.17, 15) is 4.79 Å². The van der Waals surface area contributed by atoms with Crippen LogP contribution in [0.3, 0.4) is 0 Å². The summed E-state index contributed by atoms with van der Waals surface area (Å²) in [7, 11) is 0. The molecule has 3 rings (SSSR count). The van der Waals surface area contributed by atoms with E-state index in [1.54, 1.807) is 0 Å². The summed E-state index contributed by atoms with van der Waals surface area (Å²) in [5, 5.41) is 0. The van der Waals surface area contributed by atoms with Gasteiger partial charge in [0.2, 0.25) is 0 Å². The molecule has 2 nitrogen and oxygen atoms in total. The fraction of sp³-hybridized carbons (Fsp3) is 0.316. The second-order valence-corrected chi connectivity index (χ2v) is 8.32. The molecule has 0 aromatic heterocycles. The molecule has 1 aliphatic carbocycles. The van der Waals surface area contributed by atoms with Crippen LogP contribution < -0.4 is 4.46 Å². The molecule has 0 N–H and O–H groups in total. The molecule has 114 valence electrons. The number of rotatable bonds is 4. The van der Waals surface area contributed by atoms with Gasteiger partial charge in [0.15, 0.2) is 0 Å². The Morgan fingerprint density at radius 1 is 0.909 bits per heavy atom. The molecule has 0 heterocycles. The molecule has 0 bridgehead atoms. The van der Waals surface area contributed by atoms with Crippen LogP contribution in [0, 0.1) is 0 Å². The summed E-state index contributed by atoms with van der Waals surface area (Å²) in [6.07, 6.45) is 4.65. The van der Waals surface area contributed by atoms with Crippen molar-refractivity contribution < 1.29 is 9.53 Å². The molecule has 0 aliphatic heterocycles. The first-order chi connectivity index (χ1) is 10.8. The molecular formula is C19H20O2Se. The summed E-state index contributed by atoms with van der Waals surface area (Å²) in [6.45, 7) is 0. The summed E-state index contributed by atoms with van der Waals surface area (Å²) in [4.78, 5) is 12.8. The number of hydrogen-bond donors (Lipinski definition) is 0. The minimum absolute atomic E-state index is 0.0710. The van der Waals surface area contributed by atoms with Crippen LogP contribution in [0.2, 0.25) is 4.82 Å². The monoisotopic (exact) mass is 360 g/mol. The number of carbonyl (C=O) groups is 1. The van der Waals surface area contributed by atoms with E-state index in [0.29, 0.717) is 25.3 Å². The predicted octanol–water partition coefficient (Wildman–Crippen LogP) is 3.60. The first kappa shape index (κ1) is 15.3. The summed E-state index contributed by atoms with van der Waals surface area (Å²) in [6, 6.07) is 19.9. The molecule has 3 heteroatoms. The van der Waals surface area contributed by atoms with E-state index in [1.807, 2.05) is 36.4 Å². The van der Waals surface area contributed by atoms with Crippen LogP contribution in [-0.2, 0) is 4.74 Å². The average molecular weight is 359 g/mol. The molecule has 2 atom stereocenters. The van der Waals surface area contributed by atoms with Crippen LogP contribution in [0.15, 0.2) is 60.7 Å². The van der Waals surface area contributed by atoms with Crippen molar-refractivity contribution in [3.05, 3.63) is 66.2 Å². The van der Waals surface area contributed by atoms with E-state index in [2.05, 4.69) is 24.3 Å². The van der Waals surface area contributed by atoms with Crippen molar-refractivity contribution >= 4 is 25.4 Å². The Balaban J connectivity index is 1.66. The second kappa shape index (κ2) is 7.62. The van der Waals surface area contributed by atoms with Gasteiger partial charge in [0.1, 0.15) is 0 Å². The van der Waals surface area contributed by atoms with Gasteiger partial charge in [-0.2, -0.15) is 0 Å². The zero-order chi connectivity index (χ0) is 15.2. The fourth-order valence-electron chi connectivity index (χ4n) is 2.79. The Bertz CT molecular complexity index is 597. The van der Waals surface area contributed by atoms with Crippen molar-refractivity contribution in [2.45, 2.75) is 36.6 Å². The van der Waals surface area contributed by atoms with Crippen LogP contribution in [0.4, 0.5) is 0 Å². The Kier molecular flexibility index (Phi) is 5.31. The van der Waals surface area contributed by atoms with Gasteiger partial charge in [-0.05, 0) is 0 Å². The van der Waals surface area contributed by atoms with E-state index in [4.69, 9.17) is 4.74 Å². The van der Waals surface area contributed by atoms with Crippen molar-refractivity contribution in [1.82, 2.24) is 0 Å². The Labute approximate surface area is 138 Å². The van der Waals surface area contributed by atoms with Crippen LogP contribution in [0.5, 0.6) is 0 Å². The van der Waals surface area contributed by atoms with Crippen LogP contribution >= 0.6 is 0 Å². The molecule has 0 saturated heterocycles. The third-order valence-electron chi connectivity index (χ3n) is 3.94. The van der Waals surface area contributed by atoms with Gasteiger partial charge in [-0.15, -0.1) is 0 Å². The second-order valence-electron chi connectivity index (χ2n) is 5.56. The number of carbonyl (C=O) groups excluding carboxylic acids is 1. The molecular weight excluding hydrogens is 339 g/mol. The van der Waals surface area contributed by atoms with Gasteiger partial charge < -0.3 is 0 Å². The van der Waals surface area contributed by atoms with Crippen molar-refractivity contribution in [2.24, 2.45) is 0 Å². The zero-order valence-electron chi connectivity index (χ0n) is 12.5. The fourth-order valence-corrected chi connectivity index (χ4v) is 5.50. The van der Waals surface area contributed by atoms with E-state index in [1.165, 1.54) is 17.3 Å². The quantitative estimate of drug-likeness (QED) is 0.616. The van der Waals surface area contributed by atoms with Crippen molar-refractivity contribution in [2.75, 3.05) is 0 Å². The predicted molar refractivity (Wildman–Crippen MR) is 89.7 cm³/mol. The first-order valence-corrected chi connectivity index (χ1v) is 9.65.